The number of hydrogen-bond acceptors (Lipinski definition) is 27. The summed E-state index contributed by atoms with van der Waals surface area (Å²) in [7, 11) is 9.89. The van der Waals surface area contributed by atoms with Crippen LogP contribution < -0.4 is 0 Å². The second-order valence-corrected chi connectivity index (χ2v) is 36.4. The van der Waals surface area contributed by atoms with Gasteiger partial charge in [-0.3, -0.25) is 53.1 Å². The van der Waals surface area contributed by atoms with E-state index >= 15 is 0 Å². The van der Waals surface area contributed by atoms with E-state index in [9.17, 15) is 57.8 Å². The van der Waals surface area contributed by atoms with E-state index in [4.69, 9.17) is 28.4 Å². The van der Waals surface area contributed by atoms with Gasteiger partial charge in [0.1, 0.15) is 29.0 Å². The number of carbonyl (C=O) groups is 11. The number of rotatable bonds is 41. The number of aliphatic hydroxyl groups is 1. The molecule has 0 bridgehead atoms. The molecule has 27 nitrogen and oxygen atoms in total. The third-order valence-corrected chi connectivity index (χ3v) is 27.3. The topological polar surface area (TPSA) is 321 Å². The van der Waals surface area contributed by atoms with Gasteiger partial charge in [0.15, 0.2) is 47.9 Å². The van der Waals surface area contributed by atoms with Crippen molar-refractivity contribution in [2.75, 3.05) is 82.3 Å². The molecule has 30 heteroatoms. The fourth-order valence-electron chi connectivity index (χ4n) is 16.1. The van der Waals surface area contributed by atoms with Crippen molar-refractivity contribution < 1.29 is 86.3 Å². The molecule has 0 aromatic carbocycles. The van der Waals surface area contributed by atoms with Crippen LogP contribution in [-0.2, 0) is 66.8 Å². The maximum absolute atomic E-state index is 14.4. The molecular weight excluding hydrogens is 1560 g/mol. The molecule has 660 valence electrons. The van der Waals surface area contributed by atoms with Gasteiger partial charge in [-0.1, -0.05) is 142 Å². The number of aromatic nitrogens is 3. The number of ether oxygens (including phenoxy) is 6. The average molecular weight is 1700 g/mol. The molecule has 0 aliphatic carbocycles. The van der Waals surface area contributed by atoms with Crippen LogP contribution in [0.5, 0.6) is 0 Å². The van der Waals surface area contributed by atoms with Gasteiger partial charge in [0.2, 0.25) is 17.7 Å². The van der Waals surface area contributed by atoms with Crippen molar-refractivity contribution in [2.24, 2.45) is 53.3 Å². The number of likely N-dealkylation sites (N-methyl/N-ethyl adjacent to an activating group) is 3. The maximum Gasteiger partial charge on any atom is 0.357 e. The lowest BCUT2D eigenvalue weighted by Crippen LogP contribution is -2.52. The Bertz CT molecular complexity index is 3480. The van der Waals surface area contributed by atoms with E-state index in [0.717, 1.165) is 112 Å². The number of esters is 5. The molecule has 3 amide bonds. The molecule has 0 spiro atoms. The Morgan fingerprint density at radius 3 is 1.27 bits per heavy atom. The van der Waals surface area contributed by atoms with Crippen LogP contribution in [0.2, 0.25) is 0 Å². The minimum Gasteiger partial charge on any atom is -0.464 e. The van der Waals surface area contributed by atoms with Gasteiger partial charge in [-0.15, -0.1) is 34.0 Å². The molecule has 3 aromatic heterocycles. The summed E-state index contributed by atoms with van der Waals surface area (Å²) >= 11 is 3.90. The van der Waals surface area contributed by atoms with Crippen molar-refractivity contribution in [3.05, 3.63) is 48.2 Å². The Balaban J connectivity index is 0.000000314. The molecule has 7 rings (SSSR count). The van der Waals surface area contributed by atoms with Crippen molar-refractivity contribution in [1.29, 1.82) is 0 Å². The lowest BCUT2D eigenvalue weighted by molar-refractivity contribution is -0.165. The minimum absolute atomic E-state index is 0.0118. The summed E-state index contributed by atoms with van der Waals surface area (Å²) in [6, 6.07) is -1.26. The highest BCUT2D eigenvalue weighted by atomic mass is 32.1. The van der Waals surface area contributed by atoms with Crippen molar-refractivity contribution in [3.63, 3.8) is 0 Å². The van der Waals surface area contributed by atoms with E-state index in [1.165, 1.54) is 54.3 Å². The molecule has 0 saturated carbocycles. The first-order valence-electron chi connectivity index (χ1n) is 42.9. The van der Waals surface area contributed by atoms with E-state index in [1.807, 2.05) is 102 Å². The number of thiazole rings is 3. The smallest absolute Gasteiger partial charge is 0.357 e. The molecule has 117 heavy (non-hydrogen) atoms. The molecule has 15 atom stereocenters. The highest BCUT2D eigenvalue weighted by molar-refractivity contribution is 7.10. The van der Waals surface area contributed by atoms with Crippen molar-refractivity contribution in [3.8, 4) is 0 Å². The van der Waals surface area contributed by atoms with Gasteiger partial charge in [0.25, 0.3) is 0 Å². The maximum atomic E-state index is 14.4. The summed E-state index contributed by atoms with van der Waals surface area (Å²) in [5.41, 5.74) is 0.653. The zero-order valence-corrected chi connectivity index (χ0v) is 76.5. The first kappa shape index (κ1) is 101. The van der Waals surface area contributed by atoms with E-state index < -0.39 is 47.9 Å². The number of ketones is 3. The third-order valence-electron chi connectivity index (χ3n) is 24.3. The Morgan fingerprint density at radius 1 is 0.513 bits per heavy atom. The van der Waals surface area contributed by atoms with E-state index in [-0.39, 0.29) is 200 Å². The zero-order chi connectivity index (χ0) is 87.1. The number of hydrogen-bond donors (Lipinski definition) is 1. The van der Waals surface area contributed by atoms with Crippen molar-refractivity contribution in [1.82, 2.24) is 44.4 Å². The largest absolute Gasteiger partial charge is 0.464 e. The lowest BCUT2D eigenvalue weighted by atomic mass is 9.82. The molecule has 4 aliphatic heterocycles. The summed E-state index contributed by atoms with van der Waals surface area (Å²) in [5, 5.41) is 17.9. The van der Waals surface area contributed by atoms with Crippen LogP contribution in [-0.4, -0.2) is 233 Å². The predicted octanol–water partition coefficient (Wildman–Crippen LogP) is 14.6. The number of likely N-dealkylation sites (tertiary alicyclic amines) is 3. The third kappa shape index (κ3) is 29.7. The number of nitrogens with zero attached hydrogens (tertiary/aromatic N) is 9. The highest BCUT2D eigenvalue weighted by Crippen LogP contribution is 2.39. The first-order valence-corrected chi connectivity index (χ1v) is 45.5. The molecule has 7 heterocycles. The molecular formula is C87H141N9O18S3. The summed E-state index contributed by atoms with van der Waals surface area (Å²) < 4.78 is 31.6. The molecule has 3 aromatic rings. The monoisotopic (exact) mass is 1700 g/mol. The number of carbonyl (C=O) groups excluding carboxylic acids is 11. The fraction of sp³-hybridized carbons (Fsp3) is 0.770. The zero-order valence-electron chi connectivity index (χ0n) is 74.1. The first-order chi connectivity index (χ1) is 55.6. The van der Waals surface area contributed by atoms with Crippen LogP contribution in [0.25, 0.3) is 0 Å². The van der Waals surface area contributed by atoms with E-state index in [1.54, 1.807) is 15.7 Å². The normalized spacial score (nSPS) is 20.8. The molecule has 4 fully saturated rings. The second-order valence-electron chi connectivity index (χ2n) is 33.7. The summed E-state index contributed by atoms with van der Waals surface area (Å²) in [6.07, 6.45) is 13.4. The Morgan fingerprint density at radius 2 is 0.889 bits per heavy atom. The lowest BCUT2D eigenvalue weighted by Gasteiger charge is -2.43. The van der Waals surface area contributed by atoms with Gasteiger partial charge < -0.3 is 48.2 Å². The van der Waals surface area contributed by atoms with Crippen LogP contribution in [0.15, 0.2) is 16.1 Å². The number of amides is 3. The van der Waals surface area contributed by atoms with Gasteiger partial charge in [-0.05, 0) is 134 Å². The van der Waals surface area contributed by atoms with E-state index in [2.05, 4.69) is 57.3 Å². The summed E-state index contributed by atoms with van der Waals surface area (Å²) in [5.74, 6) is -3.67. The Hall–Kier alpha value is -6.54. The molecule has 1 N–H and O–H groups in total. The molecule has 4 saturated heterocycles. The molecule has 0 unspecified atom stereocenters. The average Bonchev–Trinajstić information content (AvgIpc) is 1.61. The number of piperidine rings is 3. The number of aliphatic hydroxyl groups excluding tert-OH is 1. The van der Waals surface area contributed by atoms with Crippen LogP contribution in [0.1, 0.15) is 310 Å². The predicted molar refractivity (Wildman–Crippen MR) is 453 cm³/mol. The van der Waals surface area contributed by atoms with Crippen LogP contribution in [0, 0.1) is 53.3 Å². The van der Waals surface area contributed by atoms with Crippen LogP contribution in [0.4, 0.5) is 0 Å². The summed E-state index contributed by atoms with van der Waals surface area (Å²) in [4.78, 5) is 168. The minimum atomic E-state index is -1.06. The van der Waals surface area contributed by atoms with Crippen molar-refractivity contribution in [2.45, 2.75) is 299 Å². The van der Waals surface area contributed by atoms with Crippen LogP contribution in [0.3, 0.4) is 0 Å². The molecule has 0 radical (unpaired) electrons. The standard InChI is InChI=1S/C31H51N3O6S.C30H49N3O7S.C26H41N3O5S/c1-9-13-28(36)40-19-34(26(20(3)4)16-22(6)29-32-24(18-41-29)31(38)39-8)30(37)23(21(5)10-2)17-27(35)25-14-11-12-15-33(25)7;1-8-12-27(36)40-18-33(24(19(3)4)16-26(35)28-31-22(17-41-28)30(38)39-7)29(37)21(20(5)9-2)15-25(34)23-13-10-11-14-32(23)6;1-7-17(4)18(12-22(30)20-10-8-9-11-28(20)5)25(31)29-15-34-23(13-21(29)16(2)3)24-27-19(14-35-24)26(32)33-6/h18,20-23,25-26H,9-17,19H2,1-8H3;17,19-21,23-24,26,35H,8-16,18H2,1-7H3;14,16-18,20-21,23H,7-13,15H2,1-6H3/t21-,22+,23-,25+,26+;20-,21-,23+,24+,26+;17-,18-,20+,21+,23+/m000/s1. The number of methoxy groups -OCH3 is 3. The quantitative estimate of drug-likeness (QED) is 0.0313. The van der Waals surface area contributed by atoms with Gasteiger partial charge in [-0.25, -0.2) is 29.3 Å². The Labute approximate surface area is 708 Å². The van der Waals surface area contributed by atoms with Crippen molar-refractivity contribution >= 4 is 98.9 Å². The van der Waals surface area contributed by atoms with Gasteiger partial charge in [0, 0.05) is 103 Å². The van der Waals surface area contributed by atoms with E-state index in [0.29, 0.717) is 37.1 Å². The van der Waals surface area contributed by atoms with Crippen LogP contribution >= 0.6 is 34.0 Å². The summed E-state index contributed by atoms with van der Waals surface area (Å²) in [6.45, 7) is 32.6. The van der Waals surface area contributed by atoms with Gasteiger partial charge in [0.05, 0.1) is 44.5 Å². The SMILES string of the molecule is CCCC(=O)OCN(C(=O)[C@@H](CC(=O)[C@H]1CCCCN1C)[C@@H](C)CC)[C@H](C[C@@H](C)c1nc(C(=O)OC)cs1)C(C)C.CCCC(=O)OCN(C(=O)[C@@H](CC(=O)[C@H]1CCCCN1C)[C@@H](C)CC)[C@H](C[C@@H](O)c1nc(C(=O)OC)cs1)C(C)C.CC[C@H](C)[C@H](CC(=O)[C@H]1CCCCN1C)C(=O)N1CO[C@@H](c2nc(C(=O)OC)cs2)C[C@@H]1C(C)C. The fourth-order valence-corrected chi connectivity index (χ4v) is 18.6. The van der Waals surface area contributed by atoms with Gasteiger partial charge in [-0.2, -0.15) is 0 Å². The molecule has 4 aliphatic rings. The van der Waals surface area contributed by atoms with Gasteiger partial charge >= 0.3 is 29.8 Å². The second kappa shape index (κ2) is 50.6. The number of Topliss-reactive ketones (excluding diaryl/α,β-unsaturated/α-hetero) is 3. The Kier molecular flexibility index (Phi) is 43.7. The highest BCUT2D eigenvalue weighted by Gasteiger charge is 2.44.